The van der Waals surface area contributed by atoms with Gasteiger partial charge in [-0.05, 0) is 23.6 Å². The molecule has 4 N–H and O–H groups in total. The fraction of sp³-hybridized carbons (Fsp3) is 0.241. The van der Waals surface area contributed by atoms with E-state index < -0.39 is 35.8 Å². The molecule has 4 aromatic rings. The van der Waals surface area contributed by atoms with Crippen molar-refractivity contribution >= 4 is 5.82 Å². The summed E-state index contributed by atoms with van der Waals surface area (Å²) in [5.41, 5.74) is 7.29. The van der Waals surface area contributed by atoms with E-state index in [2.05, 4.69) is 4.98 Å². The van der Waals surface area contributed by atoms with Crippen molar-refractivity contribution in [1.29, 1.82) is 0 Å². The minimum absolute atomic E-state index is 0.0659. The number of aliphatic hydroxyl groups excluding tert-OH is 2. The minimum atomic E-state index is -1.37. The van der Waals surface area contributed by atoms with Crippen LogP contribution in [-0.2, 0) is 15.1 Å². The average Bonchev–Trinajstić information content (AvgIpc) is 3.21. The molecule has 8 nitrogen and oxygen atoms in total. The summed E-state index contributed by atoms with van der Waals surface area (Å²) < 4.78 is 13.9. The highest BCUT2D eigenvalue weighted by atomic mass is 16.6. The van der Waals surface area contributed by atoms with Gasteiger partial charge in [-0.1, -0.05) is 91.0 Å². The SMILES string of the molecule is Cc1cn([C@@H]2O[C@H](COC(c3ccccc3)(c3ccccc3)c3ccccc3)[C@@H](O)[C@H]2O)c(=O)nc1N. The highest BCUT2D eigenvalue weighted by Crippen LogP contribution is 2.41. The molecule has 8 heteroatoms. The van der Waals surface area contributed by atoms with Crippen LogP contribution in [0.25, 0.3) is 0 Å². The number of aryl methyl sites for hydroxylation is 1. The first kappa shape index (κ1) is 24.9. The predicted molar refractivity (Wildman–Crippen MR) is 139 cm³/mol. The van der Waals surface area contributed by atoms with Crippen molar-refractivity contribution in [1.82, 2.24) is 9.55 Å². The Kier molecular flexibility index (Phi) is 6.90. The summed E-state index contributed by atoms with van der Waals surface area (Å²) in [5.74, 6) is 0.104. The van der Waals surface area contributed by atoms with E-state index in [9.17, 15) is 15.0 Å². The maximum Gasteiger partial charge on any atom is 0.351 e. The standard InChI is InChI=1S/C29H29N3O5/c1-19-17-32(28(35)31-26(19)30)27-25(34)24(33)23(37-27)18-36-29(20-11-5-2-6-12-20,21-13-7-3-8-14-21)22-15-9-4-10-16-22/h2-17,23-25,27,33-34H,18H2,1H3,(H2,30,31,35)/t23-,24-,25-,27-/m1/s1. The number of nitrogens with two attached hydrogens (primary N) is 1. The van der Waals surface area contributed by atoms with Crippen LogP contribution in [0.5, 0.6) is 0 Å². The van der Waals surface area contributed by atoms with Gasteiger partial charge in [-0.2, -0.15) is 4.98 Å². The first-order valence-corrected chi connectivity index (χ1v) is 12.1. The van der Waals surface area contributed by atoms with Crippen molar-refractivity contribution in [2.45, 2.75) is 37.1 Å². The van der Waals surface area contributed by atoms with E-state index in [0.29, 0.717) is 5.56 Å². The van der Waals surface area contributed by atoms with Crippen molar-refractivity contribution in [2.24, 2.45) is 0 Å². The van der Waals surface area contributed by atoms with Gasteiger partial charge in [0.05, 0.1) is 6.61 Å². The third-order valence-corrected chi connectivity index (χ3v) is 6.79. The second kappa shape index (κ2) is 10.3. The summed E-state index contributed by atoms with van der Waals surface area (Å²) in [7, 11) is 0. The van der Waals surface area contributed by atoms with E-state index in [4.69, 9.17) is 15.2 Å². The fourth-order valence-corrected chi connectivity index (χ4v) is 4.83. The molecular weight excluding hydrogens is 470 g/mol. The van der Waals surface area contributed by atoms with Gasteiger partial charge in [-0.25, -0.2) is 4.79 Å². The molecule has 4 atom stereocenters. The molecule has 0 aliphatic carbocycles. The van der Waals surface area contributed by atoms with Crippen molar-refractivity contribution in [3.05, 3.63) is 130 Å². The molecule has 0 spiro atoms. The molecule has 5 rings (SSSR count). The van der Waals surface area contributed by atoms with Gasteiger partial charge in [-0.3, -0.25) is 4.57 Å². The molecule has 0 unspecified atom stereocenters. The Morgan fingerprint density at radius 1 is 0.892 bits per heavy atom. The Balaban J connectivity index is 1.52. The number of hydrogen-bond acceptors (Lipinski definition) is 7. The number of anilines is 1. The van der Waals surface area contributed by atoms with E-state index in [1.807, 2.05) is 91.0 Å². The maximum atomic E-state index is 12.5. The normalized spacial score (nSPS) is 21.7. The van der Waals surface area contributed by atoms with Crippen LogP contribution >= 0.6 is 0 Å². The first-order valence-electron chi connectivity index (χ1n) is 12.1. The molecule has 1 aromatic heterocycles. The summed E-state index contributed by atoms with van der Waals surface area (Å²) in [5, 5.41) is 21.7. The van der Waals surface area contributed by atoms with Crippen molar-refractivity contribution in [3.8, 4) is 0 Å². The summed E-state index contributed by atoms with van der Waals surface area (Å²) in [4.78, 5) is 16.3. The predicted octanol–water partition coefficient (Wildman–Crippen LogP) is 2.76. The number of hydrogen-bond donors (Lipinski definition) is 3. The molecule has 0 bridgehead atoms. The van der Waals surface area contributed by atoms with Gasteiger partial charge in [-0.15, -0.1) is 0 Å². The van der Waals surface area contributed by atoms with E-state index in [1.165, 1.54) is 6.20 Å². The number of aliphatic hydroxyl groups is 2. The zero-order valence-electron chi connectivity index (χ0n) is 20.3. The topological polar surface area (TPSA) is 120 Å². The molecule has 3 aromatic carbocycles. The second-order valence-corrected chi connectivity index (χ2v) is 9.14. The van der Waals surface area contributed by atoms with Gasteiger partial charge in [0, 0.05) is 11.8 Å². The minimum Gasteiger partial charge on any atom is -0.387 e. The first-order chi connectivity index (χ1) is 17.9. The third kappa shape index (κ3) is 4.56. The van der Waals surface area contributed by atoms with Crippen molar-refractivity contribution < 1.29 is 19.7 Å². The lowest BCUT2D eigenvalue weighted by Gasteiger charge is -2.37. The van der Waals surface area contributed by atoms with E-state index >= 15 is 0 Å². The van der Waals surface area contributed by atoms with Crippen LogP contribution in [0.1, 0.15) is 28.5 Å². The molecule has 0 amide bonds. The lowest BCUT2D eigenvalue weighted by molar-refractivity contribution is -0.0958. The van der Waals surface area contributed by atoms with E-state index in [-0.39, 0.29) is 12.4 Å². The molecule has 2 heterocycles. The van der Waals surface area contributed by atoms with Crippen molar-refractivity contribution in [2.75, 3.05) is 12.3 Å². The molecule has 1 aliphatic rings. The Morgan fingerprint density at radius 2 is 1.38 bits per heavy atom. The van der Waals surface area contributed by atoms with Crippen LogP contribution < -0.4 is 11.4 Å². The quantitative estimate of drug-likeness (QED) is 0.335. The van der Waals surface area contributed by atoms with E-state index in [0.717, 1.165) is 21.3 Å². The average molecular weight is 500 g/mol. The zero-order valence-corrected chi connectivity index (χ0v) is 20.3. The van der Waals surface area contributed by atoms with Crippen LogP contribution in [0.3, 0.4) is 0 Å². The fourth-order valence-electron chi connectivity index (χ4n) is 4.83. The molecule has 37 heavy (non-hydrogen) atoms. The zero-order chi connectivity index (χ0) is 26.0. The number of nitrogens with zero attached hydrogens (tertiary/aromatic N) is 2. The van der Waals surface area contributed by atoms with Gasteiger partial charge in [0.1, 0.15) is 29.7 Å². The van der Waals surface area contributed by atoms with Gasteiger partial charge in [0.2, 0.25) is 0 Å². The lowest BCUT2D eigenvalue weighted by atomic mass is 9.80. The lowest BCUT2D eigenvalue weighted by Crippen LogP contribution is -2.39. The van der Waals surface area contributed by atoms with Crippen LogP contribution in [-0.4, -0.2) is 44.7 Å². The van der Waals surface area contributed by atoms with Gasteiger partial charge in [0.15, 0.2) is 6.23 Å². The number of benzene rings is 3. The molecule has 0 radical (unpaired) electrons. The smallest absolute Gasteiger partial charge is 0.351 e. The largest absolute Gasteiger partial charge is 0.387 e. The summed E-state index contributed by atoms with van der Waals surface area (Å²) >= 11 is 0. The summed E-state index contributed by atoms with van der Waals surface area (Å²) in [6.07, 6.45) is -3.25. The maximum absolute atomic E-state index is 12.5. The Hall–Kier alpha value is -3.82. The monoisotopic (exact) mass is 499 g/mol. The Bertz CT molecular complexity index is 1300. The number of aromatic nitrogens is 2. The molecule has 1 fully saturated rings. The van der Waals surface area contributed by atoms with Gasteiger partial charge >= 0.3 is 5.69 Å². The number of ether oxygens (including phenoxy) is 2. The number of nitrogen functional groups attached to an aromatic ring is 1. The highest BCUT2D eigenvalue weighted by Gasteiger charge is 2.46. The van der Waals surface area contributed by atoms with Crippen LogP contribution in [0, 0.1) is 6.92 Å². The summed E-state index contributed by atoms with van der Waals surface area (Å²) in [6, 6.07) is 29.5. The van der Waals surface area contributed by atoms with Crippen molar-refractivity contribution in [3.63, 3.8) is 0 Å². The Labute approximate surface area is 214 Å². The molecule has 190 valence electrons. The number of rotatable bonds is 7. The second-order valence-electron chi connectivity index (χ2n) is 9.14. The van der Waals surface area contributed by atoms with Gasteiger partial charge in [0.25, 0.3) is 0 Å². The van der Waals surface area contributed by atoms with Gasteiger partial charge < -0.3 is 25.4 Å². The Morgan fingerprint density at radius 3 is 1.86 bits per heavy atom. The highest BCUT2D eigenvalue weighted by molar-refractivity contribution is 5.47. The molecule has 0 saturated carbocycles. The van der Waals surface area contributed by atoms with Crippen LogP contribution in [0.15, 0.2) is 102 Å². The van der Waals surface area contributed by atoms with Crippen LogP contribution in [0.4, 0.5) is 5.82 Å². The molecule has 1 saturated heterocycles. The third-order valence-electron chi connectivity index (χ3n) is 6.79. The summed E-state index contributed by atoms with van der Waals surface area (Å²) in [6.45, 7) is 1.63. The molecular formula is C29H29N3O5. The van der Waals surface area contributed by atoms with Crippen LogP contribution in [0.2, 0.25) is 0 Å². The van der Waals surface area contributed by atoms with E-state index in [1.54, 1.807) is 6.92 Å². The molecule has 1 aliphatic heterocycles.